The predicted octanol–water partition coefficient (Wildman–Crippen LogP) is 4.40. The van der Waals surface area contributed by atoms with Crippen LogP contribution in [-0.4, -0.2) is 51.9 Å². The number of piperidine rings is 1. The van der Waals surface area contributed by atoms with Gasteiger partial charge in [0.15, 0.2) is 0 Å². The van der Waals surface area contributed by atoms with Crippen molar-refractivity contribution in [3.05, 3.63) is 59.4 Å². The molecule has 3 aromatic rings. The van der Waals surface area contributed by atoms with Gasteiger partial charge in [0.1, 0.15) is 5.82 Å². The molecule has 2 aromatic carbocycles. The number of rotatable bonds is 7. The molecule has 1 N–H and O–H groups in total. The minimum absolute atomic E-state index is 0.131. The van der Waals surface area contributed by atoms with Gasteiger partial charge >= 0.3 is 5.97 Å². The molecule has 0 radical (unpaired) electrons. The van der Waals surface area contributed by atoms with Crippen LogP contribution in [0.1, 0.15) is 55.4 Å². The third-order valence-electron chi connectivity index (χ3n) is 6.57. The summed E-state index contributed by atoms with van der Waals surface area (Å²) in [4.78, 5) is 45.2. The number of hydrogen-bond acceptors (Lipinski definition) is 5. The van der Waals surface area contributed by atoms with Crippen molar-refractivity contribution in [1.82, 2.24) is 14.5 Å². The summed E-state index contributed by atoms with van der Waals surface area (Å²) in [5.74, 6) is -0.332. The van der Waals surface area contributed by atoms with Gasteiger partial charge in [0, 0.05) is 31.2 Å². The summed E-state index contributed by atoms with van der Waals surface area (Å²) in [6.45, 7) is 9.10. The fourth-order valence-electron chi connectivity index (χ4n) is 4.65. The molecule has 0 saturated carbocycles. The maximum absolute atomic E-state index is 13.9. The van der Waals surface area contributed by atoms with E-state index in [1.165, 1.54) is 0 Å². The Kier molecular flexibility index (Phi) is 7.72. The number of likely N-dealkylation sites (tertiary alicyclic amines) is 1. The van der Waals surface area contributed by atoms with Crippen molar-refractivity contribution in [2.45, 2.75) is 47.1 Å². The van der Waals surface area contributed by atoms with E-state index < -0.39 is 0 Å². The van der Waals surface area contributed by atoms with Crippen LogP contribution < -0.4 is 5.32 Å². The van der Waals surface area contributed by atoms with Crippen LogP contribution in [0.4, 0.5) is 5.69 Å². The standard InChI is InChI=1S/C28H34N4O4/c1-5-36-28(35)21-12-9-13-31(17-21)27(34)23-14-22(30-26(33)18(2)3)15-24-25(23)32(19(4)29-24)16-20-10-7-6-8-11-20/h6-8,10-11,14-15,18,21H,5,9,12-13,16-17H2,1-4H3,(H,30,33)/t21-/m0/s1. The van der Waals surface area contributed by atoms with E-state index >= 15 is 0 Å². The number of anilines is 1. The van der Waals surface area contributed by atoms with E-state index in [1.807, 2.05) is 61.7 Å². The average Bonchev–Trinajstić information content (AvgIpc) is 3.18. The summed E-state index contributed by atoms with van der Waals surface area (Å²) in [5, 5.41) is 2.92. The van der Waals surface area contributed by atoms with Gasteiger partial charge in [-0.2, -0.15) is 0 Å². The number of carbonyl (C=O) groups excluding carboxylic acids is 3. The number of amides is 2. The van der Waals surface area contributed by atoms with Gasteiger partial charge in [-0.15, -0.1) is 0 Å². The van der Waals surface area contributed by atoms with E-state index in [1.54, 1.807) is 17.9 Å². The van der Waals surface area contributed by atoms with Crippen LogP contribution in [0, 0.1) is 18.8 Å². The van der Waals surface area contributed by atoms with E-state index in [-0.39, 0.29) is 29.6 Å². The molecule has 36 heavy (non-hydrogen) atoms. The molecule has 1 saturated heterocycles. The molecule has 8 heteroatoms. The molecule has 4 rings (SSSR count). The molecule has 1 atom stereocenters. The van der Waals surface area contributed by atoms with Gasteiger partial charge in [-0.25, -0.2) is 4.98 Å². The van der Waals surface area contributed by atoms with Crippen molar-refractivity contribution in [3.8, 4) is 0 Å². The van der Waals surface area contributed by atoms with Crippen LogP contribution in [0.25, 0.3) is 11.0 Å². The monoisotopic (exact) mass is 490 g/mol. The van der Waals surface area contributed by atoms with Crippen molar-refractivity contribution in [1.29, 1.82) is 0 Å². The number of esters is 1. The van der Waals surface area contributed by atoms with Crippen LogP contribution in [0.5, 0.6) is 0 Å². The number of fused-ring (bicyclic) bond motifs is 1. The Morgan fingerprint density at radius 3 is 2.61 bits per heavy atom. The number of aromatic nitrogens is 2. The van der Waals surface area contributed by atoms with Gasteiger partial charge in [-0.1, -0.05) is 44.2 Å². The first-order chi connectivity index (χ1) is 17.3. The lowest BCUT2D eigenvalue weighted by molar-refractivity contribution is -0.149. The number of nitrogens with zero attached hydrogens (tertiary/aromatic N) is 3. The van der Waals surface area contributed by atoms with E-state index in [0.717, 1.165) is 23.3 Å². The number of carbonyl (C=O) groups is 3. The average molecular weight is 491 g/mol. The zero-order valence-electron chi connectivity index (χ0n) is 21.4. The molecule has 0 spiro atoms. The van der Waals surface area contributed by atoms with Crippen molar-refractivity contribution in [3.63, 3.8) is 0 Å². The highest BCUT2D eigenvalue weighted by Gasteiger charge is 2.31. The third-order valence-corrected chi connectivity index (χ3v) is 6.57. The number of hydrogen-bond donors (Lipinski definition) is 1. The highest BCUT2D eigenvalue weighted by Crippen LogP contribution is 2.29. The smallest absolute Gasteiger partial charge is 0.310 e. The normalized spacial score (nSPS) is 15.8. The van der Waals surface area contributed by atoms with Crippen molar-refractivity contribution in [2.24, 2.45) is 11.8 Å². The Labute approximate surface area is 211 Å². The van der Waals surface area contributed by atoms with Gasteiger partial charge in [-0.3, -0.25) is 14.4 Å². The number of ether oxygens (including phenoxy) is 1. The zero-order valence-corrected chi connectivity index (χ0v) is 21.4. The van der Waals surface area contributed by atoms with Crippen LogP contribution in [0.15, 0.2) is 42.5 Å². The molecule has 2 amide bonds. The van der Waals surface area contributed by atoms with E-state index in [9.17, 15) is 14.4 Å². The van der Waals surface area contributed by atoms with Crippen molar-refractivity contribution in [2.75, 3.05) is 25.0 Å². The first-order valence-corrected chi connectivity index (χ1v) is 12.6. The highest BCUT2D eigenvalue weighted by molar-refractivity contribution is 6.08. The van der Waals surface area contributed by atoms with Crippen LogP contribution >= 0.6 is 0 Å². The Morgan fingerprint density at radius 2 is 1.92 bits per heavy atom. The second-order valence-corrected chi connectivity index (χ2v) is 9.61. The molecular formula is C28H34N4O4. The zero-order chi connectivity index (χ0) is 25.8. The quantitative estimate of drug-likeness (QED) is 0.496. The topological polar surface area (TPSA) is 93.5 Å². The molecular weight excluding hydrogens is 456 g/mol. The Bertz CT molecular complexity index is 1270. The Hall–Kier alpha value is -3.68. The number of aryl methyl sites for hydroxylation is 1. The molecule has 1 aromatic heterocycles. The second kappa shape index (κ2) is 10.9. The summed E-state index contributed by atoms with van der Waals surface area (Å²) in [5.41, 5.74) is 3.46. The van der Waals surface area contributed by atoms with Gasteiger partial charge in [0.2, 0.25) is 5.91 Å². The van der Waals surface area contributed by atoms with Crippen LogP contribution in [0.2, 0.25) is 0 Å². The molecule has 0 aliphatic carbocycles. The largest absolute Gasteiger partial charge is 0.466 e. The minimum atomic E-state index is -0.335. The second-order valence-electron chi connectivity index (χ2n) is 9.61. The Morgan fingerprint density at radius 1 is 1.17 bits per heavy atom. The number of benzene rings is 2. The highest BCUT2D eigenvalue weighted by atomic mass is 16.5. The summed E-state index contributed by atoms with van der Waals surface area (Å²) in [6, 6.07) is 13.6. The molecule has 2 heterocycles. The van der Waals surface area contributed by atoms with Gasteiger partial charge in [0.25, 0.3) is 5.91 Å². The first-order valence-electron chi connectivity index (χ1n) is 12.6. The summed E-state index contributed by atoms with van der Waals surface area (Å²) in [7, 11) is 0. The molecule has 8 nitrogen and oxygen atoms in total. The van der Waals surface area contributed by atoms with Gasteiger partial charge < -0.3 is 19.5 Å². The fourth-order valence-corrected chi connectivity index (χ4v) is 4.65. The van der Waals surface area contributed by atoms with Crippen molar-refractivity contribution >= 4 is 34.5 Å². The molecule has 1 fully saturated rings. The first kappa shape index (κ1) is 25.4. The SMILES string of the molecule is CCOC(=O)[C@H]1CCCN(C(=O)c2cc(NC(=O)C(C)C)cc3nc(C)n(Cc4ccccc4)c23)C1. The number of imidazole rings is 1. The third kappa shape index (κ3) is 5.42. The lowest BCUT2D eigenvalue weighted by atomic mass is 9.97. The maximum Gasteiger partial charge on any atom is 0.310 e. The van der Waals surface area contributed by atoms with E-state index in [2.05, 4.69) is 5.32 Å². The predicted molar refractivity (Wildman–Crippen MR) is 139 cm³/mol. The number of nitrogens with one attached hydrogen (secondary N) is 1. The van der Waals surface area contributed by atoms with E-state index in [0.29, 0.717) is 49.4 Å². The fraction of sp³-hybridized carbons (Fsp3) is 0.429. The lowest BCUT2D eigenvalue weighted by Crippen LogP contribution is -2.43. The molecule has 1 aliphatic heterocycles. The Balaban J connectivity index is 1.77. The molecule has 0 unspecified atom stereocenters. The lowest BCUT2D eigenvalue weighted by Gasteiger charge is -2.32. The van der Waals surface area contributed by atoms with Gasteiger partial charge in [-0.05, 0) is 44.4 Å². The maximum atomic E-state index is 13.9. The van der Waals surface area contributed by atoms with Gasteiger partial charge in [0.05, 0.1) is 29.1 Å². The van der Waals surface area contributed by atoms with Crippen LogP contribution in [0.3, 0.4) is 0 Å². The summed E-state index contributed by atoms with van der Waals surface area (Å²) >= 11 is 0. The van der Waals surface area contributed by atoms with E-state index in [4.69, 9.17) is 9.72 Å². The molecule has 1 aliphatic rings. The van der Waals surface area contributed by atoms with Crippen LogP contribution in [-0.2, 0) is 20.9 Å². The minimum Gasteiger partial charge on any atom is -0.466 e. The molecule has 0 bridgehead atoms. The van der Waals surface area contributed by atoms with Crippen molar-refractivity contribution < 1.29 is 19.1 Å². The molecule has 190 valence electrons. The summed E-state index contributed by atoms with van der Waals surface area (Å²) < 4.78 is 7.26. The summed E-state index contributed by atoms with van der Waals surface area (Å²) in [6.07, 6.45) is 1.43.